The first-order valence-corrected chi connectivity index (χ1v) is 6.51. The molecule has 1 aromatic carbocycles. The molecule has 0 aliphatic rings. The summed E-state index contributed by atoms with van der Waals surface area (Å²) in [6.07, 6.45) is 1.08. The molecule has 1 unspecified atom stereocenters. The summed E-state index contributed by atoms with van der Waals surface area (Å²) >= 11 is 0. The van der Waals surface area contributed by atoms with E-state index in [9.17, 15) is 0 Å². The molecule has 100 valence electrons. The summed E-state index contributed by atoms with van der Waals surface area (Å²) in [7, 11) is 1.59. The summed E-state index contributed by atoms with van der Waals surface area (Å²) in [6.45, 7) is 3.09. The minimum Gasteiger partial charge on any atom is -0.480 e. The zero-order valence-electron chi connectivity index (χ0n) is 11.3. The van der Waals surface area contributed by atoms with E-state index in [0.717, 1.165) is 18.7 Å². The second-order valence-corrected chi connectivity index (χ2v) is 4.30. The lowest BCUT2D eigenvalue weighted by molar-refractivity contribution is 0.390. The Labute approximate surface area is 113 Å². The maximum Gasteiger partial charge on any atom is 0.233 e. The summed E-state index contributed by atoms with van der Waals surface area (Å²) in [5, 5.41) is 11.8. The first-order chi connectivity index (χ1) is 9.35. The quantitative estimate of drug-likeness (QED) is 0.864. The molecule has 19 heavy (non-hydrogen) atoms. The van der Waals surface area contributed by atoms with Gasteiger partial charge in [0.2, 0.25) is 5.88 Å². The monoisotopic (exact) mass is 257 g/mol. The van der Waals surface area contributed by atoms with E-state index in [-0.39, 0.29) is 6.04 Å². The highest BCUT2D eigenvalue weighted by Crippen LogP contribution is 2.20. The van der Waals surface area contributed by atoms with E-state index in [1.165, 1.54) is 5.56 Å². The molecule has 1 aromatic heterocycles. The summed E-state index contributed by atoms with van der Waals surface area (Å²) in [5.74, 6) is 0.533. The van der Waals surface area contributed by atoms with E-state index in [0.29, 0.717) is 5.88 Å². The van der Waals surface area contributed by atoms with E-state index in [1.807, 2.05) is 30.3 Å². The first-order valence-electron chi connectivity index (χ1n) is 6.51. The minimum atomic E-state index is 0.0690. The molecule has 0 saturated heterocycles. The molecular formula is C15H19N3O. The second kappa shape index (κ2) is 6.85. The second-order valence-electron chi connectivity index (χ2n) is 4.30. The molecule has 1 heterocycles. The van der Waals surface area contributed by atoms with Gasteiger partial charge in [0.05, 0.1) is 18.8 Å². The Kier molecular flexibility index (Phi) is 4.86. The third kappa shape index (κ3) is 3.51. The van der Waals surface area contributed by atoms with Gasteiger partial charge in [-0.3, -0.25) is 0 Å². The van der Waals surface area contributed by atoms with Crippen LogP contribution < -0.4 is 10.1 Å². The van der Waals surface area contributed by atoms with Crippen molar-refractivity contribution in [3.05, 3.63) is 53.7 Å². The Morgan fingerprint density at radius 3 is 2.47 bits per heavy atom. The van der Waals surface area contributed by atoms with Crippen LogP contribution in [0.4, 0.5) is 0 Å². The van der Waals surface area contributed by atoms with Crippen LogP contribution in [0.15, 0.2) is 42.5 Å². The maximum atomic E-state index is 5.04. The van der Waals surface area contributed by atoms with Gasteiger partial charge in [-0.1, -0.05) is 37.3 Å². The van der Waals surface area contributed by atoms with Crippen LogP contribution in [-0.4, -0.2) is 23.9 Å². The lowest BCUT2D eigenvalue weighted by Gasteiger charge is -2.18. The topological polar surface area (TPSA) is 47.0 Å². The molecule has 4 heteroatoms. The first kappa shape index (κ1) is 13.5. The largest absolute Gasteiger partial charge is 0.480 e. The Morgan fingerprint density at radius 2 is 1.89 bits per heavy atom. The fraction of sp³-hybridized carbons (Fsp3) is 0.333. The maximum absolute atomic E-state index is 5.04. The van der Waals surface area contributed by atoms with Crippen molar-refractivity contribution in [2.45, 2.75) is 19.4 Å². The number of hydrogen-bond donors (Lipinski definition) is 1. The van der Waals surface area contributed by atoms with Gasteiger partial charge in [0, 0.05) is 6.07 Å². The van der Waals surface area contributed by atoms with Gasteiger partial charge >= 0.3 is 0 Å². The van der Waals surface area contributed by atoms with Crippen molar-refractivity contribution < 1.29 is 4.74 Å². The zero-order valence-corrected chi connectivity index (χ0v) is 11.3. The lowest BCUT2D eigenvalue weighted by Crippen LogP contribution is -2.24. The molecule has 0 bridgehead atoms. The van der Waals surface area contributed by atoms with E-state index in [2.05, 4.69) is 34.6 Å². The van der Waals surface area contributed by atoms with Gasteiger partial charge in [0.25, 0.3) is 0 Å². The van der Waals surface area contributed by atoms with E-state index in [1.54, 1.807) is 7.11 Å². The fourth-order valence-corrected chi connectivity index (χ4v) is 1.92. The molecule has 0 amide bonds. The summed E-state index contributed by atoms with van der Waals surface area (Å²) in [4.78, 5) is 0. The summed E-state index contributed by atoms with van der Waals surface area (Å²) in [6, 6.07) is 14.1. The molecular weight excluding hydrogens is 238 g/mol. The van der Waals surface area contributed by atoms with Gasteiger partial charge in [0.1, 0.15) is 0 Å². The van der Waals surface area contributed by atoms with Crippen molar-refractivity contribution in [1.82, 2.24) is 15.5 Å². The van der Waals surface area contributed by atoms with Crippen LogP contribution in [0.5, 0.6) is 5.88 Å². The summed E-state index contributed by atoms with van der Waals surface area (Å²) < 4.78 is 5.04. The Bertz CT molecular complexity index is 485. The van der Waals surface area contributed by atoms with Crippen molar-refractivity contribution in [3.63, 3.8) is 0 Å². The number of nitrogens with one attached hydrogen (secondary N) is 1. The number of rotatable bonds is 6. The number of nitrogens with zero attached hydrogens (tertiary/aromatic N) is 2. The number of methoxy groups -OCH3 is 1. The van der Waals surface area contributed by atoms with Crippen molar-refractivity contribution in [2.24, 2.45) is 0 Å². The van der Waals surface area contributed by atoms with Crippen molar-refractivity contribution in [2.75, 3.05) is 13.7 Å². The van der Waals surface area contributed by atoms with Crippen LogP contribution in [-0.2, 0) is 0 Å². The van der Waals surface area contributed by atoms with Gasteiger partial charge in [-0.25, -0.2) is 0 Å². The van der Waals surface area contributed by atoms with E-state index >= 15 is 0 Å². The molecule has 0 fully saturated rings. The van der Waals surface area contributed by atoms with Crippen LogP contribution >= 0.6 is 0 Å². The highest BCUT2D eigenvalue weighted by atomic mass is 16.5. The van der Waals surface area contributed by atoms with Gasteiger partial charge in [0.15, 0.2) is 0 Å². The molecule has 2 aromatic rings. The highest BCUT2D eigenvalue weighted by Gasteiger charge is 2.14. The minimum absolute atomic E-state index is 0.0690. The SMILES string of the molecule is CCCNC(c1ccccc1)c1ccc(OC)nn1. The van der Waals surface area contributed by atoms with E-state index < -0.39 is 0 Å². The Hall–Kier alpha value is -1.94. The standard InChI is InChI=1S/C15H19N3O/c1-3-11-16-15(12-7-5-4-6-8-12)13-9-10-14(19-2)18-17-13/h4-10,15-16H,3,11H2,1-2H3. The van der Waals surface area contributed by atoms with Crippen LogP contribution in [0.1, 0.15) is 30.6 Å². The van der Waals surface area contributed by atoms with E-state index in [4.69, 9.17) is 4.74 Å². The average Bonchev–Trinajstić information content (AvgIpc) is 2.49. The van der Waals surface area contributed by atoms with Gasteiger partial charge in [-0.05, 0) is 24.6 Å². The molecule has 4 nitrogen and oxygen atoms in total. The van der Waals surface area contributed by atoms with Gasteiger partial charge in [-0.2, -0.15) is 0 Å². The molecule has 0 spiro atoms. The number of aromatic nitrogens is 2. The molecule has 0 radical (unpaired) electrons. The Balaban J connectivity index is 2.26. The predicted octanol–water partition coefficient (Wildman–Crippen LogP) is 2.57. The van der Waals surface area contributed by atoms with Gasteiger partial charge < -0.3 is 10.1 Å². The fourth-order valence-electron chi connectivity index (χ4n) is 1.92. The molecule has 0 saturated carbocycles. The molecule has 2 rings (SSSR count). The van der Waals surface area contributed by atoms with Crippen molar-refractivity contribution >= 4 is 0 Å². The smallest absolute Gasteiger partial charge is 0.233 e. The lowest BCUT2D eigenvalue weighted by atomic mass is 10.0. The molecule has 0 aliphatic heterocycles. The van der Waals surface area contributed by atoms with Crippen LogP contribution in [0.3, 0.4) is 0 Å². The van der Waals surface area contributed by atoms with Crippen LogP contribution in [0.2, 0.25) is 0 Å². The van der Waals surface area contributed by atoms with Crippen LogP contribution in [0.25, 0.3) is 0 Å². The third-order valence-corrected chi connectivity index (χ3v) is 2.90. The zero-order chi connectivity index (χ0) is 13.5. The average molecular weight is 257 g/mol. The van der Waals surface area contributed by atoms with Crippen molar-refractivity contribution in [1.29, 1.82) is 0 Å². The third-order valence-electron chi connectivity index (χ3n) is 2.90. The Morgan fingerprint density at radius 1 is 1.11 bits per heavy atom. The number of ether oxygens (including phenoxy) is 1. The predicted molar refractivity (Wildman–Crippen MR) is 75.2 cm³/mol. The normalized spacial score (nSPS) is 12.1. The summed E-state index contributed by atoms with van der Waals surface area (Å²) in [5.41, 5.74) is 2.09. The van der Waals surface area contributed by atoms with Crippen molar-refractivity contribution in [3.8, 4) is 5.88 Å². The van der Waals surface area contributed by atoms with Gasteiger partial charge in [-0.15, -0.1) is 10.2 Å². The number of benzene rings is 1. The number of hydrogen-bond acceptors (Lipinski definition) is 4. The molecule has 1 atom stereocenters. The molecule has 0 aliphatic carbocycles. The van der Waals surface area contributed by atoms with Crippen LogP contribution in [0, 0.1) is 0 Å². The highest BCUT2D eigenvalue weighted by molar-refractivity contribution is 5.28. The molecule has 1 N–H and O–H groups in total.